The first kappa shape index (κ1) is 25.5. The molecular weight excluding hydrogens is 458 g/mol. The maximum Gasteiger partial charge on any atom is 0.407 e. The number of nitrogens with zero attached hydrogens (tertiary/aromatic N) is 2. The van der Waals surface area contributed by atoms with Crippen LogP contribution in [0.1, 0.15) is 33.6 Å². The van der Waals surface area contributed by atoms with E-state index in [1.165, 1.54) is 12.0 Å². The number of alkyl carbamates (subject to hydrolysis) is 1. The average molecular weight is 490 g/mol. The number of pyridine rings is 1. The lowest BCUT2D eigenvalue weighted by molar-refractivity contribution is -0.150. The first-order valence-corrected chi connectivity index (χ1v) is 12.0. The number of likely N-dealkylation sites (tertiary alicyclic amines) is 1. The van der Waals surface area contributed by atoms with Crippen LogP contribution in [0.2, 0.25) is 0 Å². The van der Waals surface area contributed by atoms with Crippen LogP contribution < -0.4 is 10.1 Å². The minimum Gasteiger partial charge on any atom is -0.480 e. The van der Waals surface area contributed by atoms with Crippen LogP contribution in [0.3, 0.4) is 0 Å². The molecule has 1 saturated heterocycles. The van der Waals surface area contributed by atoms with Crippen molar-refractivity contribution < 1.29 is 29.0 Å². The summed E-state index contributed by atoms with van der Waals surface area (Å²) in [6, 6.07) is 7.68. The molecule has 0 aliphatic carbocycles. The molecule has 3 heterocycles. The van der Waals surface area contributed by atoms with E-state index in [4.69, 9.17) is 4.74 Å². The molecule has 1 aliphatic rings. The molecule has 1 fully saturated rings. The Hall–Kier alpha value is -3.14. The average Bonchev–Trinajstić information content (AvgIpc) is 3.47. The quantitative estimate of drug-likeness (QED) is 0.581. The maximum atomic E-state index is 13.3. The van der Waals surface area contributed by atoms with Crippen molar-refractivity contribution in [2.24, 2.45) is 11.3 Å². The largest absolute Gasteiger partial charge is 0.480 e. The second-order valence-corrected chi connectivity index (χ2v) is 10.3. The fraction of sp³-hybridized carbons (Fsp3) is 0.500. The molecule has 0 saturated carbocycles. The van der Waals surface area contributed by atoms with Crippen LogP contribution in [-0.2, 0) is 14.3 Å². The van der Waals surface area contributed by atoms with Gasteiger partial charge in [-0.3, -0.25) is 4.79 Å². The van der Waals surface area contributed by atoms with Crippen LogP contribution in [0.5, 0.6) is 5.88 Å². The fourth-order valence-corrected chi connectivity index (χ4v) is 4.68. The van der Waals surface area contributed by atoms with Gasteiger partial charge in [-0.2, -0.15) is 0 Å². The molecule has 184 valence electrons. The highest BCUT2D eigenvalue weighted by Crippen LogP contribution is 2.30. The molecule has 9 nitrogen and oxygen atoms in total. The molecule has 10 heteroatoms. The number of carboxylic acid groups (broad SMARTS) is 1. The van der Waals surface area contributed by atoms with Crippen molar-refractivity contribution in [2.45, 2.75) is 45.7 Å². The van der Waals surface area contributed by atoms with Crippen LogP contribution >= 0.6 is 11.3 Å². The summed E-state index contributed by atoms with van der Waals surface area (Å²) in [5.41, 5.74) is 0.205. The molecule has 0 radical (unpaired) electrons. The van der Waals surface area contributed by atoms with Crippen molar-refractivity contribution in [3.8, 4) is 16.5 Å². The molecule has 3 atom stereocenters. The number of thiophene rings is 1. The Kier molecular flexibility index (Phi) is 8.14. The van der Waals surface area contributed by atoms with Crippen LogP contribution in [0.25, 0.3) is 10.6 Å². The molecule has 0 aromatic carbocycles. The second kappa shape index (κ2) is 10.9. The third kappa shape index (κ3) is 6.25. The van der Waals surface area contributed by atoms with Gasteiger partial charge >= 0.3 is 12.1 Å². The first-order chi connectivity index (χ1) is 16.1. The van der Waals surface area contributed by atoms with Crippen molar-refractivity contribution in [1.29, 1.82) is 0 Å². The Morgan fingerprint density at radius 1 is 1.26 bits per heavy atom. The molecule has 2 aromatic rings. The standard InChI is InChI=1S/C24H31N3O6S/c1-24(2,3)20(26-23(31)32-4)21(28)27-14-15(13-17(27)22(29)30)10-11-33-19-9-5-7-16(25-19)18-8-6-12-34-18/h5-9,12,15,17,20H,10-11,13-14H2,1-4H3,(H,26,31)(H,29,30)/t15?,17-,20+/m0/s1. The molecule has 2 aromatic heterocycles. The Labute approximate surface area is 203 Å². The van der Waals surface area contributed by atoms with Gasteiger partial charge in [0.15, 0.2) is 0 Å². The number of aromatic nitrogens is 1. The lowest BCUT2D eigenvalue weighted by Crippen LogP contribution is -2.56. The molecule has 34 heavy (non-hydrogen) atoms. The summed E-state index contributed by atoms with van der Waals surface area (Å²) in [6.45, 7) is 6.04. The number of carbonyl (C=O) groups is 3. The summed E-state index contributed by atoms with van der Waals surface area (Å²) < 4.78 is 10.5. The van der Waals surface area contributed by atoms with Crippen LogP contribution in [0, 0.1) is 11.3 Å². The van der Waals surface area contributed by atoms with Gasteiger partial charge in [0, 0.05) is 12.6 Å². The summed E-state index contributed by atoms with van der Waals surface area (Å²) in [7, 11) is 1.22. The van der Waals surface area contributed by atoms with Gasteiger partial charge in [-0.25, -0.2) is 14.6 Å². The monoisotopic (exact) mass is 489 g/mol. The van der Waals surface area contributed by atoms with E-state index >= 15 is 0 Å². The Bertz CT molecular complexity index is 1000. The predicted molar refractivity (Wildman–Crippen MR) is 128 cm³/mol. The van der Waals surface area contributed by atoms with Gasteiger partial charge in [-0.1, -0.05) is 32.9 Å². The van der Waals surface area contributed by atoms with Gasteiger partial charge < -0.3 is 24.8 Å². The van der Waals surface area contributed by atoms with Crippen LogP contribution in [0.4, 0.5) is 4.79 Å². The number of hydrogen-bond donors (Lipinski definition) is 2. The SMILES string of the molecule is COC(=O)N[C@H](C(=O)N1CC(CCOc2cccc(-c3cccs3)n2)C[C@H]1C(=O)O)C(C)(C)C. The van der Waals surface area contributed by atoms with Crippen LogP contribution in [0.15, 0.2) is 35.7 Å². The predicted octanol–water partition coefficient (Wildman–Crippen LogP) is 3.65. The van der Waals surface area contributed by atoms with Crippen molar-refractivity contribution in [3.63, 3.8) is 0 Å². The smallest absolute Gasteiger partial charge is 0.407 e. The van der Waals surface area contributed by atoms with Crippen molar-refractivity contribution in [1.82, 2.24) is 15.2 Å². The Morgan fingerprint density at radius 3 is 2.65 bits per heavy atom. The van der Waals surface area contributed by atoms with Crippen molar-refractivity contribution in [3.05, 3.63) is 35.7 Å². The normalized spacial score (nSPS) is 18.9. The zero-order valence-electron chi connectivity index (χ0n) is 19.8. The molecule has 2 amide bonds. The van der Waals surface area contributed by atoms with Crippen molar-refractivity contribution >= 4 is 29.3 Å². The Morgan fingerprint density at radius 2 is 2.03 bits per heavy atom. The highest BCUT2D eigenvalue weighted by atomic mass is 32.1. The van der Waals surface area contributed by atoms with Crippen LogP contribution in [-0.4, -0.2) is 65.3 Å². The molecule has 1 aliphatic heterocycles. The molecule has 2 N–H and O–H groups in total. The van der Waals surface area contributed by atoms with Gasteiger partial charge in [0.1, 0.15) is 12.1 Å². The highest BCUT2D eigenvalue weighted by Gasteiger charge is 2.44. The number of carboxylic acids is 1. The number of nitrogens with one attached hydrogen (secondary N) is 1. The van der Waals surface area contributed by atoms with Gasteiger partial charge in [0.05, 0.1) is 24.3 Å². The van der Waals surface area contributed by atoms with E-state index in [-0.39, 0.29) is 12.5 Å². The highest BCUT2D eigenvalue weighted by molar-refractivity contribution is 7.13. The van der Waals surface area contributed by atoms with E-state index in [1.807, 2.05) is 29.6 Å². The summed E-state index contributed by atoms with van der Waals surface area (Å²) in [5, 5.41) is 14.3. The zero-order chi connectivity index (χ0) is 24.9. The number of carbonyl (C=O) groups excluding carboxylic acids is 2. The van der Waals surface area contributed by atoms with E-state index in [0.29, 0.717) is 25.3 Å². The number of aliphatic carboxylic acids is 1. The van der Waals surface area contributed by atoms with E-state index in [0.717, 1.165) is 10.6 Å². The number of hydrogen-bond acceptors (Lipinski definition) is 7. The van der Waals surface area contributed by atoms with Gasteiger partial charge in [-0.05, 0) is 41.7 Å². The lowest BCUT2D eigenvalue weighted by Gasteiger charge is -2.34. The second-order valence-electron chi connectivity index (χ2n) is 9.36. The third-order valence-corrected chi connectivity index (χ3v) is 6.68. The first-order valence-electron chi connectivity index (χ1n) is 11.1. The lowest BCUT2D eigenvalue weighted by atomic mass is 9.85. The third-order valence-electron chi connectivity index (χ3n) is 5.79. The van der Waals surface area contributed by atoms with E-state index in [1.54, 1.807) is 38.2 Å². The number of methoxy groups -OCH3 is 1. The van der Waals surface area contributed by atoms with Gasteiger partial charge in [0.2, 0.25) is 11.8 Å². The fourth-order valence-electron chi connectivity index (χ4n) is 3.99. The summed E-state index contributed by atoms with van der Waals surface area (Å²) in [6.07, 6.45) is 0.159. The molecule has 0 spiro atoms. The summed E-state index contributed by atoms with van der Waals surface area (Å²) in [4.78, 5) is 43.9. The summed E-state index contributed by atoms with van der Waals surface area (Å²) in [5.74, 6) is -1.04. The van der Waals surface area contributed by atoms with E-state index < -0.39 is 35.5 Å². The number of amides is 2. The molecular formula is C24H31N3O6S. The minimum absolute atomic E-state index is 0.0516. The van der Waals surface area contributed by atoms with Gasteiger partial charge in [0.25, 0.3) is 0 Å². The number of ether oxygens (including phenoxy) is 2. The molecule has 3 rings (SSSR count). The van der Waals surface area contributed by atoms with E-state index in [2.05, 4.69) is 15.0 Å². The minimum atomic E-state index is -1.06. The van der Waals surface area contributed by atoms with Crippen molar-refractivity contribution in [2.75, 3.05) is 20.3 Å². The zero-order valence-corrected chi connectivity index (χ0v) is 20.6. The van der Waals surface area contributed by atoms with Gasteiger partial charge in [-0.15, -0.1) is 11.3 Å². The maximum absolute atomic E-state index is 13.3. The summed E-state index contributed by atoms with van der Waals surface area (Å²) >= 11 is 1.60. The Balaban J connectivity index is 1.63. The molecule has 1 unspecified atom stereocenters. The molecule has 0 bridgehead atoms. The topological polar surface area (TPSA) is 118 Å². The number of rotatable bonds is 8. The van der Waals surface area contributed by atoms with E-state index in [9.17, 15) is 19.5 Å².